The van der Waals surface area contributed by atoms with E-state index in [4.69, 9.17) is 0 Å². The minimum absolute atomic E-state index is 0.0788. The van der Waals surface area contributed by atoms with Crippen LogP contribution in [0.4, 0.5) is 4.39 Å². The number of rotatable bonds is 8. The van der Waals surface area contributed by atoms with E-state index in [1.165, 1.54) is 22.1 Å². The molecule has 3 N–H and O–H groups in total. The maximum Gasteiger partial charge on any atom is 0.275 e. The van der Waals surface area contributed by atoms with Crippen molar-refractivity contribution in [3.63, 3.8) is 0 Å². The number of hydrogen-bond donors (Lipinski definition) is 2. The normalized spacial score (nSPS) is 11.9. The van der Waals surface area contributed by atoms with Gasteiger partial charge < -0.3 is 10.6 Å². The Labute approximate surface area is 163 Å². The molecule has 0 saturated carbocycles. The predicted molar refractivity (Wildman–Crippen MR) is 107 cm³/mol. The van der Waals surface area contributed by atoms with Gasteiger partial charge in [0.1, 0.15) is 11.9 Å². The summed E-state index contributed by atoms with van der Waals surface area (Å²) in [6.07, 6.45) is 1.01. The maximum absolute atomic E-state index is 13.7. The first kappa shape index (κ1) is 19.3. The van der Waals surface area contributed by atoms with Crippen molar-refractivity contribution in [2.45, 2.75) is 25.9 Å². The van der Waals surface area contributed by atoms with Crippen LogP contribution in [0, 0.1) is 5.82 Å². The second kappa shape index (κ2) is 9.44. The summed E-state index contributed by atoms with van der Waals surface area (Å²) in [5, 5.41) is 6.89. The topological polar surface area (TPSA) is 45.7 Å². The summed E-state index contributed by atoms with van der Waals surface area (Å²) >= 11 is 1.69. The highest BCUT2D eigenvalue weighted by Crippen LogP contribution is 2.23. The van der Waals surface area contributed by atoms with Gasteiger partial charge in [-0.3, -0.25) is 4.79 Å². The highest BCUT2D eigenvalue weighted by atomic mass is 32.1. The summed E-state index contributed by atoms with van der Waals surface area (Å²) in [5.74, 6) is -0.403. The number of quaternary nitrogens is 1. The smallest absolute Gasteiger partial charge is 0.275 e. The Bertz CT molecular complexity index is 862. The Balaban J connectivity index is 1.62. The van der Waals surface area contributed by atoms with Gasteiger partial charge in [-0.2, -0.15) is 0 Å². The number of carbonyl (C=O) groups excluding carboxylic acids is 1. The summed E-state index contributed by atoms with van der Waals surface area (Å²) in [4.78, 5) is 13.5. The molecule has 1 aromatic heterocycles. The maximum atomic E-state index is 13.7. The molecule has 140 valence electrons. The number of thiophene rings is 1. The Morgan fingerprint density at radius 2 is 1.89 bits per heavy atom. The molecule has 0 bridgehead atoms. The molecular formula is C22H24FN2OS+. The Morgan fingerprint density at radius 1 is 1.11 bits per heavy atom. The van der Waals surface area contributed by atoms with Gasteiger partial charge in [0.05, 0.1) is 4.88 Å². The number of carbonyl (C=O) groups is 1. The summed E-state index contributed by atoms with van der Waals surface area (Å²) in [6.45, 7) is 2.62. The molecule has 0 fully saturated rings. The van der Waals surface area contributed by atoms with Crippen LogP contribution in [0.15, 0.2) is 66.0 Å². The lowest BCUT2D eigenvalue weighted by atomic mass is 10.0. The molecule has 0 saturated heterocycles. The van der Waals surface area contributed by atoms with E-state index >= 15 is 0 Å². The van der Waals surface area contributed by atoms with Crippen LogP contribution in [0.1, 0.15) is 34.5 Å². The lowest BCUT2D eigenvalue weighted by Crippen LogP contribution is -2.87. The zero-order valence-corrected chi connectivity index (χ0v) is 16.1. The van der Waals surface area contributed by atoms with Gasteiger partial charge in [0.15, 0.2) is 6.54 Å². The van der Waals surface area contributed by atoms with Crippen LogP contribution in [-0.2, 0) is 17.8 Å². The average Bonchev–Trinajstić information content (AvgIpc) is 3.22. The van der Waals surface area contributed by atoms with Crippen LogP contribution in [0.3, 0.4) is 0 Å². The number of benzene rings is 2. The third-order valence-corrected chi connectivity index (χ3v) is 5.52. The number of halogens is 1. The van der Waals surface area contributed by atoms with Crippen molar-refractivity contribution >= 4 is 17.2 Å². The van der Waals surface area contributed by atoms with Crippen molar-refractivity contribution < 1.29 is 14.5 Å². The zero-order chi connectivity index (χ0) is 19.1. The van der Waals surface area contributed by atoms with Crippen molar-refractivity contribution in [1.82, 2.24) is 5.32 Å². The molecule has 5 heteroatoms. The van der Waals surface area contributed by atoms with Crippen molar-refractivity contribution in [3.8, 4) is 0 Å². The van der Waals surface area contributed by atoms with Crippen LogP contribution < -0.4 is 10.6 Å². The molecular weight excluding hydrogens is 359 g/mol. The van der Waals surface area contributed by atoms with Gasteiger partial charge in [-0.05, 0) is 29.5 Å². The van der Waals surface area contributed by atoms with Crippen LogP contribution in [0.2, 0.25) is 0 Å². The third kappa shape index (κ3) is 5.25. The number of aryl methyl sites for hydroxylation is 1. The van der Waals surface area contributed by atoms with Crippen LogP contribution in [0.25, 0.3) is 0 Å². The lowest BCUT2D eigenvalue weighted by molar-refractivity contribution is -0.676. The molecule has 0 radical (unpaired) electrons. The van der Waals surface area contributed by atoms with Gasteiger partial charge in [-0.15, -0.1) is 11.3 Å². The second-order valence-electron chi connectivity index (χ2n) is 6.40. The molecule has 1 atom stereocenters. The van der Waals surface area contributed by atoms with Crippen LogP contribution in [-0.4, -0.2) is 12.5 Å². The van der Waals surface area contributed by atoms with Gasteiger partial charge in [0.2, 0.25) is 0 Å². The van der Waals surface area contributed by atoms with E-state index in [9.17, 15) is 9.18 Å². The first-order valence-corrected chi connectivity index (χ1v) is 10.0. The number of amides is 1. The van der Waals surface area contributed by atoms with Gasteiger partial charge >= 0.3 is 0 Å². The van der Waals surface area contributed by atoms with E-state index in [0.717, 1.165) is 6.42 Å². The fourth-order valence-corrected chi connectivity index (χ4v) is 3.83. The molecule has 0 aliphatic rings. The molecule has 27 heavy (non-hydrogen) atoms. The van der Waals surface area contributed by atoms with Gasteiger partial charge in [-0.25, -0.2) is 4.39 Å². The summed E-state index contributed by atoms with van der Waals surface area (Å²) in [7, 11) is 0. The highest BCUT2D eigenvalue weighted by molar-refractivity contribution is 7.10. The van der Waals surface area contributed by atoms with Gasteiger partial charge in [0, 0.05) is 17.7 Å². The molecule has 0 unspecified atom stereocenters. The van der Waals surface area contributed by atoms with Crippen molar-refractivity contribution in [2.24, 2.45) is 0 Å². The van der Waals surface area contributed by atoms with Crippen molar-refractivity contribution in [3.05, 3.63) is 93.4 Å². The Hall–Kier alpha value is -2.50. The van der Waals surface area contributed by atoms with Crippen LogP contribution >= 0.6 is 11.3 Å². The summed E-state index contributed by atoms with van der Waals surface area (Å²) < 4.78 is 13.7. The summed E-state index contributed by atoms with van der Waals surface area (Å²) in [5.41, 5.74) is 2.97. The third-order valence-electron chi connectivity index (χ3n) is 4.57. The fraction of sp³-hybridized carbons (Fsp3) is 0.227. The van der Waals surface area contributed by atoms with Crippen LogP contribution in [0.5, 0.6) is 0 Å². The largest absolute Gasteiger partial charge is 0.347 e. The van der Waals surface area contributed by atoms with Gasteiger partial charge in [-0.1, -0.05) is 55.5 Å². The minimum atomic E-state index is -0.297. The molecule has 1 heterocycles. The molecule has 1 amide bonds. The molecule has 2 aromatic carbocycles. The molecule has 3 nitrogen and oxygen atoms in total. The van der Waals surface area contributed by atoms with E-state index in [1.807, 2.05) is 11.4 Å². The second-order valence-corrected chi connectivity index (χ2v) is 7.38. The summed E-state index contributed by atoms with van der Waals surface area (Å²) in [6, 6.07) is 19.3. The van der Waals surface area contributed by atoms with Crippen molar-refractivity contribution in [2.75, 3.05) is 6.54 Å². The average molecular weight is 384 g/mol. The first-order chi connectivity index (χ1) is 13.2. The predicted octanol–water partition coefficient (Wildman–Crippen LogP) is 3.42. The number of hydrogen-bond acceptors (Lipinski definition) is 2. The van der Waals surface area contributed by atoms with E-state index in [1.54, 1.807) is 29.5 Å². The zero-order valence-electron chi connectivity index (χ0n) is 15.3. The highest BCUT2D eigenvalue weighted by Gasteiger charge is 2.20. The standard InChI is InChI=1S/C22H23FN2OS/c1-2-16-9-11-17(12-10-16)22(20-8-5-13-27-20)25-15-21(26)24-14-18-6-3-4-7-19(18)23/h3-13,22,25H,2,14-15H2,1H3,(H,24,26)/p+1/t22-/m1/s1. The Kier molecular flexibility index (Phi) is 6.74. The molecule has 0 spiro atoms. The van der Waals surface area contributed by atoms with E-state index in [0.29, 0.717) is 5.56 Å². The molecule has 0 aliphatic heterocycles. The first-order valence-electron chi connectivity index (χ1n) is 9.13. The van der Waals surface area contributed by atoms with E-state index in [2.05, 4.69) is 48.0 Å². The fourth-order valence-electron chi connectivity index (χ4n) is 2.98. The SMILES string of the molecule is CCc1ccc([C@@H]([NH2+]CC(=O)NCc2ccccc2F)c2cccs2)cc1. The molecule has 0 aliphatic carbocycles. The minimum Gasteiger partial charge on any atom is -0.347 e. The van der Waals surface area contributed by atoms with E-state index < -0.39 is 0 Å². The quantitative estimate of drug-likeness (QED) is 0.615. The van der Waals surface area contributed by atoms with Gasteiger partial charge in [0.25, 0.3) is 5.91 Å². The lowest BCUT2D eigenvalue weighted by Gasteiger charge is -2.15. The van der Waals surface area contributed by atoms with E-state index in [-0.39, 0.29) is 30.9 Å². The molecule has 3 aromatic rings. The number of nitrogens with one attached hydrogen (secondary N) is 1. The van der Waals surface area contributed by atoms with Crippen molar-refractivity contribution in [1.29, 1.82) is 0 Å². The Morgan fingerprint density at radius 3 is 2.56 bits per heavy atom. The monoisotopic (exact) mass is 383 g/mol. The molecule has 3 rings (SSSR count). The number of nitrogens with two attached hydrogens (primary N) is 1.